The molecule has 0 unspecified atom stereocenters. The fourth-order valence-electron chi connectivity index (χ4n) is 2.32. The largest absolute Gasteiger partial charge is 0.488 e. The molecular weight excluding hydrogens is 501 g/mol. The van der Waals surface area contributed by atoms with Crippen LogP contribution in [-0.2, 0) is 13.2 Å². The van der Waals surface area contributed by atoms with Crippen LogP contribution in [0.3, 0.4) is 0 Å². The van der Waals surface area contributed by atoms with Crippen molar-refractivity contribution in [2.45, 2.75) is 13.2 Å². The standard InChI is InChI=1S/C20H15Br2Cl2NO/c21-17-7-6-16(10-19(17)24)25-11-14-3-8-20(18(22)9-14)26-12-13-1-4-15(23)5-2-13/h1-10,25H,11-12H2. The molecule has 0 atom stereocenters. The van der Waals surface area contributed by atoms with Crippen LogP contribution in [0.1, 0.15) is 11.1 Å². The summed E-state index contributed by atoms with van der Waals surface area (Å²) in [6, 6.07) is 19.5. The lowest BCUT2D eigenvalue weighted by atomic mass is 10.2. The van der Waals surface area contributed by atoms with Crippen molar-refractivity contribution in [3.63, 3.8) is 0 Å². The predicted octanol–water partition coefficient (Wildman–Crippen LogP) is 7.71. The first kappa shape index (κ1) is 19.6. The van der Waals surface area contributed by atoms with Crippen LogP contribution in [0.15, 0.2) is 69.6 Å². The maximum Gasteiger partial charge on any atom is 0.134 e. The van der Waals surface area contributed by atoms with Crippen LogP contribution < -0.4 is 10.1 Å². The number of nitrogens with one attached hydrogen (secondary N) is 1. The van der Waals surface area contributed by atoms with Crippen molar-refractivity contribution < 1.29 is 4.74 Å². The summed E-state index contributed by atoms with van der Waals surface area (Å²) in [7, 11) is 0. The van der Waals surface area contributed by atoms with Gasteiger partial charge in [0.1, 0.15) is 12.4 Å². The molecule has 3 aromatic rings. The Morgan fingerprint density at radius 1 is 0.808 bits per heavy atom. The number of hydrogen-bond acceptors (Lipinski definition) is 2. The molecule has 2 nitrogen and oxygen atoms in total. The molecule has 0 amide bonds. The number of ether oxygens (including phenoxy) is 1. The number of benzene rings is 3. The zero-order valence-electron chi connectivity index (χ0n) is 13.6. The highest BCUT2D eigenvalue weighted by Crippen LogP contribution is 2.28. The maximum absolute atomic E-state index is 6.12. The van der Waals surface area contributed by atoms with Crippen molar-refractivity contribution in [3.05, 3.63) is 90.8 Å². The van der Waals surface area contributed by atoms with E-state index in [1.54, 1.807) is 0 Å². The lowest BCUT2D eigenvalue weighted by molar-refractivity contribution is 0.304. The predicted molar refractivity (Wildman–Crippen MR) is 116 cm³/mol. The normalized spacial score (nSPS) is 10.6. The second-order valence-electron chi connectivity index (χ2n) is 5.66. The summed E-state index contributed by atoms with van der Waals surface area (Å²) < 4.78 is 7.68. The van der Waals surface area contributed by atoms with Gasteiger partial charge in [0.05, 0.1) is 9.50 Å². The van der Waals surface area contributed by atoms with Crippen molar-refractivity contribution in [3.8, 4) is 5.75 Å². The summed E-state index contributed by atoms with van der Waals surface area (Å²) >= 11 is 19.0. The Bertz CT molecular complexity index is 901. The lowest BCUT2D eigenvalue weighted by Crippen LogP contribution is -2.00. The average Bonchev–Trinajstić information content (AvgIpc) is 2.63. The van der Waals surface area contributed by atoms with Gasteiger partial charge in [-0.05, 0) is 85.5 Å². The topological polar surface area (TPSA) is 21.3 Å². The summed E-state index contributed by atoms with van der Waals surface area (Å²) in [6.45, 7) is 1.18. The molecule has 3 rings (SSSR count). The van der Waals surface area contributed by atoms with Crippen LogP contribution in [0, 0.1) is 0 Å². The Hall–Kier alpha value is -1.20. The second-order valence-corrected chi connectivity index (χ2v) is 8.21. The van der Waals surface area contributed by atoms with Gasteiger partial charge in [-0.3, -0.25) is 0 Å². The van der Waals surface area contributed by atoms with Crippen molar-refractivity contribution in [2.24, 2.45) is 0 Å². The monoisotopic (exact) mass is 513 g/mol. The molecule has 0 heterocycles. The van der Waals surface area contributed by atoms with E-state index in [2.05, 4.69) is 37.2 Å². The van der Waals surface area contributed by atoms with E-state index in [0.29, 0.717) is 18.2 Å². The lowest BCUT2D eigenvalue weighted by Gasteiger charge is -2.11. The van der Waals surface area contributed by atoms with Gasteiger partial charge in [-0.25, -0.2) is 0 Å². The molecule has 0 radical (unpaired) electrons. The molecule has 6 heteroatoms. The van der Waals surface area contributed by atoms with Gasteiger partial charge < -0.3 is 10.1 Å². The smallest absolute Gasteiger partial charge is 0.134 e. The van der Waals surface area contributed by atoms with Crippen LogP contribution in [0.5, 0.6) is 5.75 Å². The summed E-state index contributed by atoms with van der Waals surface area (Å²) in [4.78, 5) is 0. The van der Waals surface area contributed by atoms with E-state index in [0.717, 1.165) is 36.5 Å². The second kappa shape index (κ2) is 9.14. The van der Waals surface area contributed by atoms with Crippen LogP contribution in [-0.4, -0.2) is 0 Å². The molecule has 0 bridgehead atoms. The van der Waals surface area contributed by atoms with Gasteiger partial charge in [-0.15, -0.1) is 0 Å². The Kier molecular flexibility index (Phi) is 6.87. The van der Waals surface area contributed by atoms with E-state index in [1.165, 1.54) is 0 Å². The summed E-state index contributed by atoms with van der Waals surface area (Å²) in [5.74, 6) is 0.801. The zero-order valence-corrected chi connectivity index (χ0v) is 18.3. The van der Waals surface area contributed by atoms with Gasteiger partial charge in [0.25, 0.3) is 0 Å². The third kappa shape index (κ3) is 5.40. The number of anilines is 1. The van der Waals surface area contributed by atoms with E-state index < -0.39 is 0 Å². The first-order chi connectivity index (χ1) is 12.5. The highest BCUT2D eigenvalue weighted by molar-refractivity contribution is 9.10. The Morgan fingerprint density at radius 2 is 1.54 bits per heavy atom. The molecule has 0 fully saturated rings. The highest BCUT2D eigenvalue weighted by Gasteiger charge is 2.05. The van der Waals surface area contributed by atoms with E-state index in [4.69, 9.17) is 27.9 Å². The first-order valence-electron chi connectivity index (χ1n) is 7.86. The Balaban J connectivity index is 1.59. The quantitative estimate of drug-likeness (QED) is 0.363. The van der Waals surface area contributed by atoms with Crippen LogP contribution in [0.2, 0.25) is 10.0 Å². The maximum atomic E-state index is 6.12. The summed E-state index contributed by atoms with van der Waals surface area (Å²) in [5, 5.41) is 4.76. The van der Waals surface area contributed by atoms with Gasteiger partial charge >= 0.3 is 0 Å². The van der Waals surface area contributed by atoms with Gasteiger partial charge in [-0.1, -0.05) is 41.4 Å². The Morgan fingerprint density at radius 3 is 2.23 bits per heavy atom. The molecule has 1 N–H and O–H groups in total. The summed E-state index contributed by atoms with van der Waals surface area (Å²) in [5.41, 5.74) is 3.17. The van der Waals surface area contributed by atoms with Crippen LogP contribution >= 0.6 is 55.1 Å². The fourth-order valence-corrected chi connectivity index (χ4v) is 3.42. The molecule has 0 aliphatic carbocycles. The van der Waals surface area contributed by atoms with Crippen molar-refractivity contribution in [1.29, 1.82) is 0 Å². The van der Waals surface area contributed by atoms with Gasteiger partial charge in [-0.2, -0.15) is 0 Å². The van der Waals surface area contributed by atoms with Gasteiger partial charge in [0.2, 0.25) is 0 Å². The molecule has 0 spiro atoms. The SMILES string of the molecule is Clc1ccc(COc2ccc(CNc3ccc(Br)c(Cl)c3)cc2Br)cc1. The molecule has 0 saturated carbocycles. The highest BCUT2D eigenvalue weighted by atomic mass is 79.9. The van der Waals surface area contributed by atoms with E-state index in [-0.39, 0.29) is 0 Å². The van der Waals surface area contributed by atoms with Crippen molar-refractivity contribution in [1.82, 2.24) is 0 Å². The van der Waals surface area contributed by atoms with Crippen LogP contribution in [0.25, 0.3) is 0 Å². The third-order valence-electron chi connectivity index (χ3n) is 3.72. The van der Waals surface area contributed by atoms with Gasteiger partial charge in [0.15, 0.2) is 0 Å². The average molecular weight is 516 g/mol. The molecule has 3 aromatic carbocycles. The molecule has 0 aliphatic heterocycles. The van der Waals surface area contributed by atoms with Gasteiger partial charge in [0, 0.05) is 21.7 Å². The van der Waals surface area contributed by atoms with E-state index in [1.807, 2.05) is 60.7 Å². The van der Waals surface area contributed by atoms with E-state index in [9.17, 15) is 0 Å². The first-order valence-corrected chi connectivity index (χ1v) is 10.2. The summed E-state index contributed by atoms with van der Waals surface area (Å²) in [6.07, 6.45) is 0. The molecule has 0 aliphatic rings. The minimum absolute atomic E-state index is 0.491. The number of rotatable bonds is 6. The Labute approximate surface area is 179 Å². The number of hydrogen-bond donors (Lipinski definition) is 1. The van der Waals surface area contributed by atoms with Crippen molar-refractivity contribution in [2.75, 3.05) is 5.32 Å². The molecular formula is C20H15Br2Cl2NO. The third-order valence-corrected chi connectivity index (χ3v) is 5.82. The zero-order chi connectivity index (χ0) is 18.5. The van der Waals surface area contributed by atoms with Crippen molar-refractivity contribution >= 4 is 60.7 Å². The fraction of sp³-hybridized carbons (Fsp3) is 0.100. The minimum Gasteiger partial charge on any atom is -0.488 e. The van der Waals surface area contributed by atoms with Crippen LogP contribution in [0.4, 0.5) is 5.69 Å². The number of halogens is 4. The molecule has 26 heavy (non-hydrogen) atoms. The molecule has 0 aromatic heterocycles. The minimum atomic E-state index is 0.491. The molecule has 0 saturated heterocycles. The van der Waals surface area contributed by atoms with E-state index >= 15 is 0 Å². The molecule has 134 valence electrons.